The molecule has 0 amide bonds. The second-order valence-corrected chi connectivity index (χ2v) is 1.87. The number of ether oxygens (including phenoxy) is 1. The summed E-state index contributed by atoms with van der Waals surface area (Å²) in [4.78, 5) is 0. The fourth-order valence-corrected chi connectivity index (χ4v) is 0.553. The highest BCUT2D eigenvalue weighted by Gasteiger charge is 1.91. The predicted molar refractivity (Wildman–Crippen MR) is 37.9 cm³/mol. The SMILES string of the molecule is C=COc1ccc(Cl)nn1. The Balaban J connectivity index is 2.78. The van der Waals surface area contributed by atoms with E-state index in [1.54, 1.807) is 12.1 Å². The van der Waals surface area contributed by atoms with Crippen LogP contribution in [0.15, 0.2) is 25.0 Å². The molecule has 0 aliphatic heterocycles. The minimum absolute atomic E-state index is 0.344. The number of aromatic nitrogens is 2. The molecule has 0 fully saturated rings. The topological polar surface area (TPSA) is 35.0 Å². The highest BCUT2D eigenvalue weighted by molar-refractivity contribution is 6.29. The van der Waals surface area contributed by atoms with Crippen molar-refractivity contribution >= 4 is 11.6 Å². The van der Waals surface area contributed by atoms with E-state index in [1.165, 1.54) is 6.26 Å². The molecule has 0 saturated heterocycles. The van der Waals surface area contributed by atoms with Crippen molar-refractivity contribution in [2.45, 2.75) is 0 Å². The van der Waals surface area contributed by atoms with Crippen molar-refractivity contribution in [3.05, 3.63) is 30.1 Å². The van der Waals surface area contributed by atoms with E-state index in [4.69, 9.17) is 16.3 Å². The third kappa shape index (κ3) is 1.70. The summed E-state index contributed by atoms with van der Waals surface area (Å²) in [6.45, 7) is 3.36. The summed E-state index contributed by atoms with van der Waals surface area (Å²) in [6.07, 6.45) is 1.28. The first-order chi connectivity index (χ1) is 4.83. The van der Waals surface area contributed by atoms with Crippen LogP contribution in [0.2, 0.25) is 5.15 Å². The van der Waals surface area contributed by atoms with E-state index >= 15 is 0 Å². The zero-order valence-electron chi connectivity index (χ0n) is 5.12. The molecule has 0 unspecified atom stereocenters. The molecule has 0 aliphatic rings. The third-order valence-electron chi connectivity index (χ3n) is 0.812. The predicted octanol–water partition coefficient (Wildman–Crippen LogP) is 1.65. The van der Waals surface area contributed by atoms with Crippen molar-refractivity contribution < 1.29 is 4.74 Å². The maximum atomic E-state index is 5.46. The number of nitrogens with zero attached hydrogens (tertiary/aromatic N) is 2. The van der Waals surface area contributed by atoms with Crippen LogP contribution in [0.25, 0.3) is 0 Å². The minimum Gasteiger partial charge on any atom is -0.446 e. The Morgan fingerprint density at radius 1 is 1.50 bits per heavy atom. The van der Waals surface area contributed by atoms with Gasteiger partial charge in [0, 0.05) is 6.07 Å². The number of hydrogen-bond acceptors (Lipinski definition) is 3. The standard InChI is InChI=1S/C6H5ClN2O/c1-2-10-6-4-3-5(7)8-9-6/h2-4H,1H2. The number of hydrogen-bond donors (Lipinski definition) is 0. The van der Waals surface area contributed by atoms with Gasteiger partial charge in [-0.15, -0.1) is 10.2 Å². The van der Waals surface area contributed by atoms with Gasteiger partial charge < -0.3 is 4.74 Å². The summed E-state index contributed by atoms with van der Waals surface area (Å²) in [7, 11) is 0. The molecule has 0 saturated carbocycles. The lowest BCUT2D eigenvalue weighted by molar-refractivity contribution is 0.455. The molecule has 0 bridgehead atoms. The molecule has 10 heavy (non-hydrogen) atoms. The van der Waals surface area contributed by atoms with E-state index in [2.05, 4.69) is 16.8 Å². The van der Waals surface area contributed by atoms with Gasteiger partial charge in [-0.2, -0.15) is 0 Å². The van der Waals surface area contributed by atoms with Crippen LogP contribution in [0.3, 0.4) is 0 Å². The van der Waals surface area contributed by atoms with Crippen molar-refractivity contribution in [2.24, 2.45) is 0 Å². The third-order valence-corrected chi connectivity index (χ3v) is 1.01. The van der Waals surface area contributed by atoms with Gasteiger partial charge in [0.1, 0.15) is 0 Å². The molecule has 1 heterocycles. The Morgan fingerprint density at radius 2 is 2.30 bits per heavy atom. The second-order valence-electron chi connectivity index (χ2n) is 1.48. The van der Waals surface area contributed by atoms with E-state index in [1.807, 2.05) is 0 Å². The molecule has 1 rings (SSSR count). The molecule has 1 aromatic heterocycles. The molecule has 3 nitrogen and oxygen atoms in total. The summed E-state index contributed by atoms with van der Waals surface area (Å²) < 4.78 is 4.79. The number of halogens is 1. The lowest BCUT2D eigenvalue weighted by atomic mass is 10.6. The van der Waals surface area contributed by atoms with Gasteiger partial charge in [-0.05, 0) is 6.07 Å². The Kier molecular flexibility index (Phi) is 2.23. The zero-order chi connectivity index (χ0) is 7.40. The van der Waals surface area contributed by atoms with Crippen LogP contribution in [0.4, 0.5) is 0 Å². The molecule has 0 aromatic carbocycles. The molecular weight excluding hydrogens is 152 g/mol. The van der Waals surface area contributed by atoms with Crippen LogP contribution in [0, 0.1) is 0 Å². The van der Waals surface area contributed by atoms with Crippen LogP contribution in [-0.4, -0.2) is 10.2 Å². The first-order valence-corrected chi connectivity index (χ1v) is 2.97. The summed E-state index contributed by atoms with van der Waals surface area (Å²) in [5.74, 6) is 0.388. The van der Waals surface area contributed by atoms with E-state index < -0.39 is 0 Å². The average molecular weight is 157 g/mol. The summed E-state index contributed by atoms with van der Waals surface area (Å²) in [5, 5.41) is 7.48. The van der Waals surface area contributed by atoms with E-state index in [-0.39, 0.29) is 0 Å². The summed E-state index contributed by atoms with van der Waals surface area (Å²) in [5.41, 5.74) is 0. The van der Waals surface area contributed by atoms with Gasteiger partial charge in [0.15, 0.2) is 5.15 Å². The van der Waals surface area contributed by atoms with Crippen LogP contribution in [0.1, 0.15) is 0 Å². The average Bonchev–Trinajstić information content (AvgIpc) is 1.95. The van der Waals surface area contributed by atoms with Gasteiger partial charge >= 0.3 is 0 Å². The molecule has 1 aromatic rings. The monoisotopic (exact) mass is 156 g/mol. The van der Waals surface area contributed by atoms with Gasteiger partial charge in [0.25, 0.3) is 0 Å². The van der Waals surface area contributed by atoms with Gasteiger partial charge in [-0.3, -0.25) is 0 Å². The lowest BCUT2D eigenvalue weighted by Crippen LogP contribution is -1.87. The van der Waals surface area contributed by atoms with Crippen molar-refractivity contribution in [2.75, 3.05) is 0 Å². The summed E-state index contributed by atoms with van der Waals surface area (Å²) >= 11 is 5.46. The smallest absolute Gasteiger partial charge is 0.238 e. The van der Waals surface area contributed by atoms with Crippen molar-refractivity contribution in [1.29, 1.82) is 0 Å². The maximum absolute atomic E-state index is 5.46. The molecule has 0 spiro atoms. The quantitative estimate of drug-likeness (QED) is 0.611. The van der Waals surface area contributed by atoms with Crippen LogP contribution in [-0.2, 0) is 0 Å². The molecule has 0 N–H and O–H groups in total. The fraction of sp³-hybridized carbons (Fsp3) is 0. The van der Waals surface area contributed by atoms with Gasteiger partial charge in [0.05, 0.1) is 6.26 Å². The first-order valence-electron chi connectivity index (χ1n) is 2.59. The van der Waals surface area contributed by atoms with Gasteiger partial charge in [-0.1, -0.05) is 18.2 Å². The van der Waals surface area contributed by atoms with Crippen molar-refractivity contribution in [3.63, 3.8) is 0 Å². The minimum atomic E-state index is 0.344. The van der Waals surface area contributed by atoms with Crippen molar-refractivity contribution in [3.8, 4) is 5.88 Å². The number of rotatable bonds is 2. The zero-order valence-corrected chi connectivity index (χ0v) is 5.88. The Morgan fingerprint density at radius 3 is 2.80 bits per heavy atom. The maximum Gasteiger partial charge on any atom is 0.238 e. The fourth-order valence-electron chi connectivity index (χ4n) is 0.452. The first kappa shape index (κ1) is 7.02. The van der Waals surface area contributed by atoms with Gasteiger partial charge in [0.2, 0.25) is 5.88 Å². The van der Waals surface area contributed by atoms with Crippen LogP contribution < -0.4 is 4.74 Å². The van der Waals surface area contributed by atoms with Gasteiger partial charge in [-0.25, -0.2) is 0 Å². The molecule has 0 aliphatic carbocycles. The summed E-state index contributed by atoms with van der Waals surface area (Å²) in [6, 6.07) is 3.20. The lowest BCUT2D eigenvalue weighted by Gasteiger charge is -1.94. The van der Waals surface area contributed by atoms with Crippen molar-refractivity contribution in [1.82, 2.24) is 10.2 Å². The van der Waals surface area contributed by atoms with E-state index in [0.29, 0.717) is 11.0 Å². The molecule has 4 heteroatoms. The van der Waals surface area contributed by atoms with Crippen LogP contribution in [0.5, 0.6) is 5.88 Å². The van der Waals surface area contributed by atoms with Crippen LogP contribution >= 0.6 is 11.6 Å². The highest BCUT2D eigenvalue weighted by atomic mass is 35.5. The van der Waals surface area contributed by atoms with E-state index in [9.17, 15) is 0 Å². The normalized spacial score (nSPS) is 8.90. The Labute approximate surface area is 63.3 Å². The molecular formula is C6H5ClN2O. The molecule has 52 valence electrons. The molecule has 0 atom stereocenters. The largest absolute Gasteiger partial charge is 0.446 e. The second kappa shape index (κ2) is 3.17. The Bertz CT molecular complexity index is 222. The Hall–Kier alpha value is -1.09. The highest BCUT2D eigenvalue weighted by Crippen LogP contribution is 2.07. The van der Waals surface area contributed by atoms with E-state index in [0.717, 1.165) is 0 Å². The molecule has 0 radical (unpaired) electrons.